The van der Waals surface area contributed by atoms with Gasteiger partial charge in [-0.15, -0.1) is 0 Å². The lowest BCUT2D eigenvalue weighted by molar-refractivity contribution is -0.332. The molecule has 14 heteroatoms. The van der Waals surface area contributed by atoms with E-state index in [1.807, 2.05) is 0 Å². The molecule has 0 aromatic rings. The van der Waals surface area contributed by atoms with Gasteiger partial charge in [0.05, 0.1) is 26.4 Å². The van der Waals surface area contributed by atoms with Gasteiger partial charge < -0.3 is 64.2 Å². The molecule has 2 saturated heterocycles. The third kappa shape index (κ3) is 26.3. The second-order valence-electron chi connectivity index (χ2n) is 18.3. The van der Waals surface area contributed by atoms with E-state index in [1.54, 1.807) is 0 Å². The third-order valence-corrected chi connectivity index (χ3v) is 12.5. The maximum atomic E-state index is 13.0. The summed E-state index contributed by atoms with van der Waals surface area (Å²) in [6, 6.07) is 0. The van der Waals surface area contributed by atoms with E-state index in [0.29, 0.717) is 13.0 Å². The highest BCUT2D eigenvalue weighted by atomic mass is 16.7. The predicted molar refractivity (Wildman–Crippen MR) is 247 cm³/mol. The van der Waals surface area contributed by atoms with Crippen LogP contribution in [0.15, 0.2) is 12.2 Å². The number of hydrogen-bond donors (Lipinski definition) is 7. The van der Waals surface area contributed by atoms with Crippen molar-refractivity contribution < 1.29 is 69.0 Å². The molecule has 7 N–H and O–H groups in total. The number of carbonyl (C=O) groups excluding carboxylic acids is 1. The number of esters is 1. The molecule has 0 aromatic heterocycles. The van der Waals surface area contributed by atoms with Crippen molar-refractivity contribution >= 4 is 5.97 Å². The van der Waals surface area contributed by atoms with Crippen molar-refractivity contribution in [2.45, 2.75) is 268 Å². The Bertz CT molecular complexity index is 1110. The van der Waals surface area contributed by atoms with E-state index in [-0.39, 0.29) is 25.6 Å². The van der Waals surface area contributed by atoms with Crippen molar-refractivity contribution in [1.29, 1.82) is 0 Å². The lowest BCUT2D eigenvalue weighted by Gasteiger charge is -2.42. The molecule has 2 aliphatic rings. The quantitative estimate of drug-likeness (QED) is 0.0180. The van der Waals surface area contributed by atoms with Crippen molar-refractivity contribution in [2.24, 2.45) is 0 Å². The maximum Gasteiger partial charge on any atom is 0.306 e. The molecule has 2 heterocycles. The minimum atomic E-state index is -1.70. The summed E-state index contributed by atoms with van der Waals surface area (Å²) in [5.74, 6) is -0.375. The Morgan fingerprint density at radius 3 is 1.48 bits per heavy atom. The van der Waals surface area contributed by atoms with Crippen LogP contribution >= 0.6 is 0 Å². The van der Waals surface area contributed by atoms with Crippen LogP contribution in [0.1, 0.15) is 200 Å². The first-order chi connectivity index (χ1) is 31.1. The normalized spacial score (nSPS) is 26.8. The van der Waals surface area contributed by atoms with Crippen molar-refractivity contribution in [3.63, 3.8) is 0 Å². The summed E-state index contributed by atoms with van der Waals surface area (Å²) in [6.07, 6.45) is 22.8. The summed E-state index contributed by atoms with van der Waals surface area (Å²) in [5, 5.41) is 72.0. The van der Waals surface area contributed by atoms with Gasteiger partial charge in [-0.1, -0.05) is 174 Å². The van der Waals surface area contributed by atoms with Gasteiger partial charge in [0.15, 0.2) is 12.6 Å². The third-order valence-electron chi connectivity index (χ3n) is 12.5. The SMILES string of the molecule is CCC/C=C\CCCCCCCCOCC(COC1OC(COC2OC(CO)C(O)C(O)C2O)C(O)C(O)C1O)OC(=O)CCCCCCCCCCCCCCCCCCCCC. The van der Waals surface area contributed by atoms with E-state index in [4.69, 9.17) is 28.4 Å². The number of rotatable bonds is 41. The van der Waals surface area contributed by atoms with E-state index < -0.39 is 80.7 Å². The number of unbranched alkanes of at least 4 members (excludes halogenated alkanes) is 25. The van der Waals surface area contributed by atoms with E-state index in [0.717, 1.165) is 51.4 Å². The van der Waals surface area contributed by atoms with Crippen molar-refractivity contribution in [3.05, 3.63) is 12.2 Å². The minimum absolute atomic E-state index is 0.0622. The Morgan fingerprint density at radius 2 is 0.953 bits per heavy atom. The van der Waals surface area contributed by atoms with Gasteiger partial charge in [0, 0.05) is 13.0 Å². The number of carbonyl (C=O) groups is 1. The van der Waals surface area contributed by atoms with Crippen LogP contribution in [0.2, 0.25) is 0 Å². The average molecular weight is 919 g/mol. The zero-order valence-corrected chi connectivity index (χ0v) is 40.0. The smallest absolute Gasteiger partial charge is 0.306 e. The second kappa shape index (κ2) is 38.7. The fourth-order valence-corrected chi connectivity index (χ4v) is 8.29. The Morgan fingerprint density at radius 1 is 0.500 bits per heavy atom. The fourth-order valence-electron chi connectivity index (χ4n) is 8.29. The first kappa shape index (κ1) is 58.9. The molecule has 378 valence electrons. The maximum absolute atomic E-state index is 13.0. The first-order valence-electron chi connectivity index (χ1n) is 25.8. The van der Waals surface area contributed by atoms with Gasteiger partial charge in [0.2, 0.25) is 0 Å². The van der Waals surface area contributed by atoms with Crippen molar-refractivity contribution in [2.75, 3.05) is 33.0 Å². The van der Waals surface area contributed by atoms with Crippen LogP contribution in [-0.4, -0.2) is 142 Å². The molecule has 2 aliphatic heterocycles. The number of hydrogen-bond acceptors (Lipinski definition) is 14. The van der Waals surface area contributed by atoms with Crippen LogP contribution in [0.4, 0.5) is 0 Å². The summed E-state index contributed by atoms with van der Waals surface area (Å²) in [6.45, 7) is 3.64. The van der Waals surface area contributed by atoms with Crippen molar-refractivity contribution in [1.82, 2.24) is 0 Å². The highest BCUT2D eigenvalue weighted by molar-refractivity contribution is 5.69. The van der Waals surface area contributed by atoms with Gasteiger partial charge in [0.25, 0.3) is 0 Å². The number of allylic oxidation sites excluding steroid dienone is 2. The van der Waals surface area contributed by atoms with Crippen LogP contribution in [0.5, 0.6) is 0 Å². The molecule has 64 heavy (non-hydrogen) atoms. The van der Waals surface area contributed by atoms with Gasteiger partial charge in [0.1, 0.15) is 54.9 Å². The summed E-state index contributed by atoms with van der Waals surface area (Å²) in [5.41, 5.74) is 0. The van der Waals surface area contributed by atoms with Crippen molar-refractivity contribution in [3.8, 4) is 0 Å². The Kier molecular flexibility index (Phi) is 35.6. The molecular formula is C50H94O14. The van der Waals surface area contributed by atoms with Crippen LogP contribution < -0.4 is 0 Å². The van der Waals surface area contributed by atoms with Crippen LogP contribution in [0.25, 0.3) is 0 Å². The molecule has 2 fully saturated rings. The molecule has 11 unspecified atom stereocenters. The highest BCUT2D eigenvalue weighted by Crippen LogP contribution is 2.26. The van der Waals surface area contributed by atoms with E-state index in [9.17, 15) is 40.5 Å². The van der Waals surface area contributed by atoms with Crippen LogP contribution in [0, 0.1) is 0 Å². The van der Waals surface area contributed by atoms with E-state index in [2.05, 4.69) is 26.0 Å². The Labute approximate surface area is 386 Å². The standard InChI is InChI=1S/C50H94O14/c1-3-5-7-9-11-13-15-16-17-18-19-20-21-22-23-25-27-29-31-33-42(52)62-39(36-59-34-32-30-28-26-24-14-12-10-8-6-4-2)37-60-49-48(58)46(56)44(54)41(64-49)38-61-50-47(57)45(55)43(53)40(35-51)63-50/h8,10,39-41,43-51,53-58H,3-7,9,11-38H2,1-2H3/b10-8-. The molecule has 0 bridgehead atoms. The highest BCUT2D eigenvalue weighted by Gasteiger charge is 2.47. The summed E-state index contributed by atoms with van der Waals surface area (Å²) >= 11 is 0. The average Bonchev–Trinajstić information content (AvgIpc) is 3.29. The molecule has 11 atom stereocenters. The molecule has 0 amide bonds. The summed E-state index contributed by atoms with van der Waals surface area (Å²) < 4.78 is 34.2. The zero-order chi connectivity index (χ0) is 46.6. The van der Waals surface area contributed by atoms with E-state index in [1.165, 1.54) is 122 Å². The van der Waals surface area contributed by atoms with Gasteiger partial charge >= 0.3 is 5.97 Å². The Balaban J connectivity index is 1.74. The molecule has 2 rings (SSSR count). The second-order valence-corrected chi connectivity index (χ2v) is 18.3. The molecule has 0 aliphatic carbocycles. The van der Waals surface area contributed by atoms with Gasteiger partial charge in [-0.3, -0.25) is 4.79 Å². The largest absolute Gasteiger partial charge is 0.457 e. The number of aliphatic hydroxyl groups excluding tert-OH is 7. The Hall–Kier alpha value is -1.27. The first-order valence-corrected chi connectivity index (χ1v) is 25.8. The predicted octanol–water partition coefficient (Wildman–Crippen LogP) is 7.46. The van der Waals surface area contributed by atoms with Gasteiger partial charge in [-0.05, 0) is 32.1 Å². The number of ether oxygens (including phenoxy) is 6. The molecule has 0 aromatic carbocycles. The molecule has 0 spiro atoms. The van der Waals surface area contributed by atoms with Gasteiger partial charge in [-0.2, -0.15) is 0 Å². The number of aliphatic hydroxyl groups is 7. The fraction of sp³-hybridized carbons (Fsp3) is 0.940. The molecule has 0 saturated carbocycles. The van der Waals surface area contributed by atoms with Gasteiger partial charge in [-0.25, -0.2) is 0 Å². The lowest BCUT2D eigenvalue weighted by Crippen LogP contribution is -2.61. The molecule has 14 nitrogen and oxygen atoms in total. The van der Waals surface area contributed by atoms with Crippen LogP contribution in [0.3, 0.4) is 0 Å². The minimum Gasteiger partial charge on any atom is -0.457 e. The van der Waals surface area contributed by atoms with E-state index >= 15 is 0 Å². The summed E-state index contributed by atoms with van der Waals surface area (Å²) in [4.78, 5) is 13.0. The topological polar surface area (TPSA) is 214 Å². The molecule has 0 radical (unpaired) electrons. The van der Waals surface area contributed by atoms with Crippen LogP contribution in [-0.2, 0) is 33.2 Å². The monoisotopic (exact) mass is 919 g/mol. The zero-order valence-electron chi connectivity index (χ0n) is 40.0. The summed E-state index contributed by atoms with van der Waals surface area (Å²) in [7, 11) is 0. The molecular weight excluding hydrogens is 825 g/mol. The lowest BCUT2D eigenvalue weighted by atomic mass is 9.98.